The lowest BCUT2D eigenvalue weighted by Crippen LogP contribution is -2.25. The van der Waals surface area contributed by atoms with Gasteiger partial charge < -0.3 is 19.2 Å². The minimum atomic E-state index is -0.319. The number of hydrogen-bond donors (Lipinski definition) is 1. The van der Waals surface area contributed by atoms with E-state index >= 15 is 0 Å². The third-order valence-electron chi connectivity index (χ3n) is 5.09. The van der Waals surface area contributed by atoms with Gasteiger partial charge in [0.05, 0.1) is 38.0 Å². The lowest BCUT2D eigenvalue weighted by atomic mass is 10.1. The van der Waals surface area contributed by atoms with Crippen LogP contribution < -0.4 is 20.3 Å². The molecule has 0 saturated carbocycles. The first-order chi connectivity index (χ1) is 15.6. The highest BCUT2D eigenvalue weighted by atomic mass is 16.5. The molecule has 2 heterocycles. The molecule has 4 rings (SSSR count). The minimum absolute atomic E-state index is 0.159. The molecule has 0 fully saturated rings. The average molecular weight is 433 g/mol. The van der Waals surface area contributed by atoms with Crippen LogP contribution in [0.4, 0.5) is 0 Å². The van der Waals surface area contributed by atoms with E-state index in [-0.39, 0.29) is 23.8 Å². The highest BCUT2D eigenvalue weighted by Gasteiger charge is 2.13. The first-order valence-electron chi connectivity index (χ1n) is 10.1. The van der Waals surface area contributed by atoms with E-state index in [9.17, 15) is 9.59 Å². The van der Waals surface area contributed by atoms with E-state index in [1.807, 2.05) is 24.3 Å². The van der Waals surface area contributed by atoms with Crippen molar-refractivity contribution in [3.63, 3.8) is 0 Å². The van der Waals surface area contributed by atoms with E-state index in [0.29, 0.717) is 41.1 Å². The number of carbonyl (C=O) groups is 1. The molecule has 0 spiro atoms. The van der Waals surface area contributed by atoms with Crippen LogP contribution in [0.2, 0.25) is 0 Å². The van der Waals surface area contributed by atoms with Crippen LogP contribution in [0, 0.1) is 0 Å². The number of rotatable bonds is 8. The van der Waals surface area contributed by atoms with Crippen LogP contribution in [0.3, 0.4) is 0 Å². The zero-order valence-corrected chi connectivity index (χ0v) is 17.8. The molecule has 1 N–H and O–H groups in total. The number of aromatic nitrogens is 2. The van der Waals surface area contributed by atoms with Gasteiger partial charge in [-0.05, 0) is 48.4 Å². The molecule has 0 saturated heterocycles. The summed E-state index contributed by atoms with van der Waals surface area (Å²) in [4.78, 5) is 29.4. The largest absolute Gasteiger partial charge is 0.493 e. The molecule has 0 unspecified atom stereocenters. The summed E-state index contributed by atoms with van der Waals surface area (Å²) in [7, 11) is 3.17. The Labute approximate surface area is 184 Å². The maximum atomic E-state index is 12.6. The Morgan fingerprint density at radius 3 is 2.69 bits per heavy atom. The van der Waals surface area contributed by atoms with Crippen LogP contribution in [-0.4, -0.2) is 36.2 Å². The lowest BCUT2D eigenvalue weighted by Gasteiger charge is -2.10. The first-order valence-corrected chi connectivity index (χ1v) is 10.1. The first kappa shape index (κ1) is 21.2. The number of benzene rings is 2. The summed E-state index contributed by atoms with van der Waals surface area (Å²) < 4.78 is 17.6. The quantitative estimate of drug-likeness (QED) is 0.459. The lowest BCUT2D eigenvalue weighted by molar-refractivity contribution is 0.0924. The smallest absolute Gasteiger partial charge is 0.287 e. The minimum Gasteiger partial charge on any atom is -0.493 e. The molecule has 2 aromatic carbocycles. The Bertz CT molecular complexity index is 1310. The van der Waals surface area contributed by atoms with Gasteiger partial charge in [0.15, 0.2) is 17.3 Å². The van der Waals surface area contributed by atoms with Gasteiger partial charge >= 0.3 is 0 Å². The van der Waals surface area contributed by atoms with Crippen molar-refractivity contribution < 1.29 is 18.7 Å². The third kappa shape index (κ3) is 4.49. The van der Waals surface area contributed by atoms with Gasteiger partial charge in [-0.25, -0.2) is 4.98 Å². The molecule has 32 heavy (non-hydrogen) atoms. The van der Waals surface area contributed by atoms with Crippen molar-refractivity contribution >= 4 is 16.8 Å². The molecular weight excluding hydrogens is 410 g/mol. The molecule has 164 valence electrons. The predicted octanol–water partition coefficient (Wildman–Crippen LogP) is 3.03. The van der Waals surface area contributed by atoms with Crippen LogP contribution in [0.15, 0.2) is 70.1 Å². The van der Waals surface area contributed by atoms with E-state index in [2.05, 4.69) is 10.3 Å². The van der Waals surface area contributed by atoms with Gasteiger partial charge in [-0.15, -0.1) is 0 Å². The van der Waals surface area contributed by atoms with Crippen molar-refractivity contribution in [2.24, 2.45) is 0 Å². The molecule has 0 bridgehead atoms. The fourth-order valence-electron chi connectivity index (χ4n) is 3.42. The second kappa shape index (κ2) is 9.38. The van der Waals surface area contributed by atoms with Gasteiger partial charge in [-0.1, -0.05) is 18.2 Å². The zero-order valence-electron chi connectivity index (χ0n) is 17.8. The molecule has 0 aliphatic carbocycles. The number of furan rings is 1. The van der Waals surface area contributed by atoms with Crippen LogP contribution in [0.5, 0.6) is 11.5 Å². The second-order valence-corrected chi connectivity index (χ2v) is 7.16. The maximum absolute atomic E-state index is 12.6. The number of methoxy groups -OCH3 is 2. The SMILES string of the molecule is COc1ccc(CCNC(=O)c2ccc(Cn3cnc4ccccc4c3=O)o2)cc1OC. The van der Waals surface area contributed by atoms with E-state index in [4.69, 9.17) is 13.9 Å². The number of hydrogen-bond acceptors (Lipinski definition) is 6. The van der Waals surface area contributed by atoms with E-state index < -0.39 is 0 Å². The monoisotopic (exact) mass is 433 g/mol. The van der Waals surface area contributed by atoms with Crippen molar-refractivity contribution in [2.75, 3.05) is 20.8 Å². The summed E-state index contributed by atoms with van der Waals surface area (Å²) in [6.45, 7) is 0.619. The molecule has 8 nitrogen and oxygen atoms in total. The average Bonchev–Trinajstić information content (AvgIpc) is 3.29. The number of ether oxygens (including phenoxy) is 2. The normalized spacial score (nSPS) is 10.8. The van der Waals surface area contributed by atoms with Gasteiger partial charge in [-0.3, -0.25) is 14.2 Å². The molecular formula is C24H23N3O5. The molecule has 0 atom stereocenters. The molecule has 2 aromatic heterocycles. The van der Waals surface area contributed by atoms with Crippen molar-refractivity contribution in [3.8, 4) is 11.5 Å². The molecule has 0 radical (unpaired) electrons. The molecule has 4 aromatic rings. The van der Waals surface area contributed by atoms with Gasteiger partial charge in [0.2, 0.25) is 0 Å². The van der Waals surface area contributed by atoms with Crippen molar-refractivity contribution in [1.82, 2.24) is 14.9 Å². The van der Waals surface area contributed by atoms with Gasteiger partial charge in [-0.2, -0.15) is 0 Å². The fraction of sp³-hybridized carbons (Fsp3) is 0.208. The summed E-state index contributed by atoms with van der Waals surface area (Å²) >= 11 is 0. The summed E-state index contributed by atoms with van der Waals surface area (Å²) in [5, 5.41) is 3.38. The number of fused-ring (bicyclic) bond motifs is 1. The summed E-state index contributed by atoms with van der Waals surface area (Å²) in [5.74, 6) is 1.67. The summed E-state index contributed by atoms with van der Waals surface area (Å²) in [5.41, 5.74) is 1.49. The Hall–Kier alpha value is -4.07. The van der Waals surface area contributed by atoms with Crippen LogP contribution >= 0.6 is 0 Å². The third-order valence-corrected chi connectivity index (χ3v) is 5.09. The number of carbonyl (C=O) groups excluding carboxylic acids is 1. The fourth-order valence-corrected chi connectivity index (χ4v) is 3.42. The highest BCUT2D eigenvalue weighted by molar-refractivity contribution is 5.91. The summed E-state index contributed by atoms with van der Waals surface area (Å²) in [6.07, 6.45) is 2.11. The van der Waals surface area contributed by atoms with Gasteiger partial charge in [0.25, 0.3) is 11.5 Å². The van der Waals surface area contributed by atoms with Crippen LogP contribution in [-0.2, 0) is 13.0 Å². The molecule has 0 aliphatic heterocycles. The topological polar surface area (TPSA) is 95.6 Å². The number of amides is 1. The predicted molar refractivity (Wildman–Crippen MR) is 119 cm³/mol. The number of para-hydroxylation sites is 1. The molecule has 8 heteroatoms. The van der Waals surface area contributed by atoms with Crippen LogP contribution in [0.25, 0.3) is 10.9 Å². The van der Waals surface area contributed by atoms with Crippen molar-refractivity contribution in [1.29, 1.82) is 0 Å². The molecule has 1 amide bonds. The maximum Gasteiger partial charge on any atom is 0.287 e. The Kier molecular flexibility index (Phi) is 6.21. The van der Waals surface area contributed by atoms with Crippen LogP contribution in [0.1, 0.15) is 21.9 Å². The van der Waals surface area contributed by atoms with Crippen molar-refractivity contribution in [3.05, 3.63) is 88.4 Å². The van der Waals surface area contributed by atoms with Gasteiger partial charge in [0.1, 0.15) is 5.76 Å². The van der Waals surface area contributed by atoms with E-state index in [0.717, 1.165) is 5.56 Å². The number of nitrogens with zero attached hydrogens (tertiary/aromatic N) is 2. The van der Waals surface area contributed by atoms with E-state index in [1.54, 1.807) is 44.6 Å². The summed E-state index contributed by atoms with van der Waals surface area (Å²) in [6, 6.07) is 16.1. The number of nitrogens with one attached hydrogen (secondary N) is 1. The molecule has 0 aliphatic rings. The van der Waals surface area contributed by atoms with Gasteiger partial charge in [0, 0.05) is 6.54 Å². The van der Waals surface area contributed by atoms with Crippen molar-refractivity contribution in [2.45, 2.75) is 13.0 Å². The Balaban J connectivity index is 1.37. The second-order valence-electron chi connectivity index (χ2n) is 7.16. The Morgan fingerprint density at radius 1 is 1.06 bits per heavy atom. The Morgan fingerprint density at radius 2 is 1.88 bits per heavy atom. The zero-order chi connectivity index (χ0) is 22.5. The van der Waals surface area contributed by atoms with E-state index in [1.165, 1.54) is 10.9 Å². The highest BCUT2D eigenvalue weighted by Crippen LogP contribution is 2.27. The standard InChI is InChI=1S/C24H23N3O5/c1-30-20-9-7-16(13-22(20)31-2)11-12-25-23(28)21-10-8-17(32-21)14-27-15-26-19-6-4-3-5-18(19)24(27)29/h3-10,13,15H,11-12,14H2,1-2H3,(H,25,28).